The van der Waals surface area contributed by atoms with Gasteiger partial charge in [0.05, 0.1) is 12.7 Å². The summed E-state index contributed by atoms with van der Waals surface area (Å²) in [6.45, 7) is 8.86. The van der Waals surface area contributed by atoms with E-state index in [-0.39, 0.29) is 12.8 Å². The third kappa shape index (κ3) is 6.21. The highest BCUT2D eigenvalue weighted by atomic mass is 31.2. The fraction of sp³-hybridized carbons (Fsp3) is 0.944. The maximum atomic E-state index is 12.6. The molecular weight excluding hydrogens is 407 g/mol. The van der Waals surface area contributed by atoms with Gasteiger partial charge < -0.3 is 34.9 Å². The summed E-state index contributed by atoms with van der Waals surface area (Å²) >= 11 is 0. The van der Waals surface area contributed by atoms with Crippen LogP contribution in [0.1, 0.15) is 60.8 Å². The van der Waals surface area contributed by atoms with E-state index in [9.17, 15) is 29.8 Å². The fourth-order valence-corrected chi connectivity index (χ4v) is 3.82. The quantitative estimate of drug-likeness (QED) is 0.214. The second-order valence-corrected chi connectivity index (χ2v) is 8.86. The summed E-state index contributed by atoms with van der Waals surface area (Å²) in [6.07, 6.45) is -3.75. The Morgan fingerprint density at radius 1 is 1.00 bits per heavy atom. The molecule has 0 aliphatic rings. The molecule has 0 saturated heterocycles. The van der Waals surface area contributed by atoms with E-state index in [0.717, 1.165) is 0 Å². The van der Waals surface area contributed by atoms with Gasteiger partial charge in [-0.25, -0.2) is 9.36 Å². The molecule has 0 aromatic heterocycles. The number of carboxylic acid groups (broad SMARTS) is 1. The lowest BCUT2D eigenvalue weighted by atomic mass is 9.63. The number of phosphoric acid groups is 1. The molecule has 0 radical (unpaired) electrons. The summed E-state index contributed by atoms with van der Waals surface area (Å²) in [5.74, 6) is -3.15. The Morgan fingerprint density at radius 2 is 1.48 bits per heavy atom. The minimum Gasteiger partial charge on any atom is -0.479 e. The Balaban J connectivity index is 6.56. The van der Waals surface area contributed by atoms with Crippen molar-refractivity contribution in [2.24, 2.45) is 11.8 Å². The van der Waals surface area contributed by atoms with Crippen LogP contribution < -0.4 is 0 Å². The van der Waals surface area contributed by atoms with Crippen molar-refractivity contribution in [1.29, 1.82) is 0 Å². The molecule has 6 N–H and O–H groups in total. The average molecular weight is 444 g/mol. The number of rotatable bonds is 14. The normalized spacial score (nSPS) is 22.0. The summed E-state index contributed by atoms with van der Waals surface area (Å²) in [4.78, 5) is 30.2. The lowest BCUT2D eigenvalue weighted by Gasteiger charge is -2.53. The van der Waals surface area contributed by atoms with Gasteiger partial charge in [0.1, 0.15) is 17.8 Å². The smallest absolute Gasteiger partial charge is 0.469 e. The average Bonchev–Trinajstić information content (AvgIpc) is 2.66. The zero-order valence-electron chi connectivity index (χ0n) is 18.0. The molecule has 6 unspecified atom stereocenters. The van der Waals surface area contributed by atoms with Gasteiger partial charge in [0.2, 0.25) is 0 Å². The van der Waals surface area contributed by atoms with Crippen molar-refractivity contribution >= 4 is 13.8 Å². The molecule has 174 valence electrons. The highest BCUT2D eigenvalue weighted by molar-refractivity contribution is 7.46. The molecule has 0 spiro atoms. The van der Waals surface area contributed by atoms with Crippen molar-refractivity contribution in [1.82, 2.24) is 0 Å². The zero-order valence-corrected chi connectivity index (χ0v) is 18.9. The van der Waals surface area contributed by atoms with E-state index in [1.54, 1.807) is 34.6 Å². The third-order valence-electron chi connectivity index (χ3n) is 5.77. The van der Waals surface area contributed by atoms with Gasteiger partial charge in [0, 0.05) is 0 Å². The van der Waals surface area contributed by atoms with Crippen LogP contribution in [0, 0.1) is 11.8 Å². The van der Waals surface area contributed by atoms with Crippen molar-refractivity contribution in [3.63, 3.8) is 0 Å². The molecule has 0 aliphatic carbocycles. The molecule has 29 heavy (non-hydrogen) atoms. The van der Waals surface area contributed by atoms with Crippen LogP contribution in [0.25, 0.3) is 0 Å². The molecule has 0 aromatic carbocycles. The Morgan fingerprint density at radius 3 is 1.83 bits per heavy atom. The topological polar surface area (TPSA) is 174 Å². The summed E-state index contributed by atoms with van der Waals surface area (Å²) in [6, 6.07) is 0. The first kappa shape index (κ1) is 28.4. The molecule has 0 aromatic rings. The summed E-state index contributed by atoms with van der Waals surface area (Å²) in [7, 11) is -4.95. The van der Waals surface area contributed by atoms with Gasteiger partial charge >= 0.3 is 13.8 Å². The van der Waals surface area contributed by atoms with Crippen LogP contribution in [0.5, 0.6) is 0 Å². The van der Waals surface area contributed by atoms with Crippen LogP contribution in [-0.4, -0.2) is 72.3 Å². The molecule has 0 rings (SSSR count). The Bertz CT molecular complexity index is 567. The van der Waals surface area contributed by atoms with E-state index in [4.69, 9.17) is 14.5 Å². The Kier molecular flexibility index (Phi) is 10.9. The Labute approximate surface area is 172 Å². The first-order chi connectivity index (χ1) is 13.1. The molecule has 7 atom stereocenters. The molecular formula is C18H37O10P. The monoisotopic (exact) mass is 444 g/mol. The number of hydrogen-bond acceptors (Lipinski definition) is 7. The van der Waals surface area contributed by atoms with E-state index >= 15 is 0 Å². The summed E-state index contributed by atoms with van der Waals surface area (Å²) < 4.78 is 21.1. The summed E-state index contributed by atoms with van der Waals surface area (Å²) in [5.41, 5.74) is -4.79. The maximum absolute atomic E-state index is 12.6. The number of carboxylic acids is 1. The predicted molar refractivity (Wildman–Crippen MR) is 105 cm³/mol. The van der Waals surface area contributed by atoms with Crippen LogP contribution in [0.3, 0.4) is 0 Å². The Hall–Kier alpha value is -0.580. The third-order valence-corrected chi connectivity index (χ3v) is 6.26. The standard InChI is InChI=1S/C18H37O10P/c1-7-11(4)17(23,15(20)14(19)10-27-29(24,25)26)18(16(21)22,12(5)8-2)28-13(6)9-3/h11-15,19-20,23H,7-10H2,1-6H3,(H,21,22)(H2,24,25,26)/t11?,12?,13?,14?,15?,17?,18-/m0/s1. The molecule has 10 nitrogen and oxygen atoms in total. The molecule has 0 amide bonds. The van der Waals surface area contributed by atoms with Crippen LogP contribution in [-0.2, 0) is 18.6 Å². The molecule has 0 heterocycles. The first-order valence-corrected chi connectivity index (χ1v) is 11.4. The van der Waals surface area contributed by atoms with Crippen molar-refractivity contribution < 1.29 is 48.8 Å². The van der Waals surface area contributed by atoms with Gasteiger partial charge in [-0.2, -0.15) is 0 Å². The number of phosphoric ester groups is 1. The SMILES string of the molecule is CCC(C)O[C@](C(=O)O)(C(C)CC)C(O)(C(C)CC)C(O)C(O)COP(=O)(O)O. The number of carbonyl (C=O) groups is 1. The highest BCUT2D eigenvalue weighted by Gasteiger charge is 2.66. The molecule has 0 saturated carbocycles. The second-order valence-electron chi connectivity index (χ2n) is 7.62. The van der Waals surface area contributed by atoms with Crippen molar-refractivity contribution in [3.8, 4) is 0 Å². The van der Waals surface area contributed by atoms with Crippen LogP contribution in [0.2, 0.25) is 0 Å². The largest absolute Gasteiger partial charge is 0.479 e. The fourth-order valence-electron chi connectivity index (χ4n) is 3.47. The number of aliphatic hydroxyl groups is 3. The summed E-state index contributed by atoms with van der Waals surface area (Å²) in [5, 5.41) is 43.1. The molecule has 0 bridgehead atoms. The number of ether oxygens (including phenoxy) is 1. The minimum absolute atomic E-state index is 0.231. The van der Waals surface area contributed by atoms with E-state index in [1.807, 2.05) is 0 Å². The van der Waals surface area contributed by atoms with Crippen LogP contribution in [0.15, 0.2) is 0 Å². The number of hydrogen-bond donors (Lipinski definition) is 6. The number of aliphatic hydroxyl groups excluding tert-OH is 2. The number of aliphatic carboxylic acids is 1. The van der Waals surface area contributed by atoms with Gasteiger partial charge in [-0.15, -0.1) is 0 Å². The van der Waals surface area contributed by atoms with E-state index in [1.165, 1.54) is 6.92 Å². The van der Waals surface area contributed by atoms with E-state index < -0.39 is 61.7 Å². The van der Waals surface area contributed by atoms with Crippen molar-refractivity contribution in [2.75, 3.05) is 6.61 Å². The predicted octanol–water partition coefficient (Wildman–Crippen LogP) is 1.28. The molecule has 11 heteroatoms. The zero-order chi connectivity index (χ0) is 23.2. The minimum atomic E-state index is -4.95. The van der Waals surface area contributed by atoms with Crippen LogP contribution in [0.4, 0.5) is 0 Å². The first-order valence-electron chi connectivity index (χ1n) is 9.85. The van der Waals surface area contributed by atoms with Gasteiger partial charge in [0.25, 0.3) is 0 Å². The van der Waals surface area contributed by atoms with Gasteiger partial charge in [-0.1, -0.05) is 47.5 Å². The van der Waals surface area contributed by atoms with Crippen molar-refractivity contribution in [3.05, 3.63) is 0 Å². The van der Waals surface area contributed by atoms with Gasteiger partial charge in [0.15, 0.2) is 5.60 Å². The molecule has 0 aliphatic heterocycles. The van der Waals surface area contributed by atoms with E-state index in [0.29, 0.717) is 6.42 Å². The maximum Gasteiger partial charge on any atom is 0.469 e. The lowest BCUT2D eigenvalue weighted by molar-refractivity contribution is -0.287. The van der Waals surface area contributed by atoms with Gasteiger partial charge in [-0.3, -0.25) is 4.52 Å². The van der Waals surface area contributed by atoms with Crippen LogP contribution >= 0.6 is 7.82 Å². The lowest BCUT2D eigenvalue weighted by Crippen LogP contribution is -2.74. The second kappa shape index (κ2) is 11.2. The molecule has 0 fully saturated rings. The van der Waals surface area contributed by atoms with Crippen molar-refractivity contribution in [2.45, 2.75) is 90.3 Å². The van der Waals surface area contributed by atoms with E-state index in [2.05, 4.69) is 4.52 Å². The van der Waals surface area contributed by atoms with Gasteiger partial charge in [-0.05, 0) is 25.2 Å². The highest BCUT2D eigenvalue weighted by Crippen LogP contribution is 2.46.